The Hall–Kier alpha value is -5.28. The van der Waals surface area contributed by atoms with Gasteiger partial charge in [-0.3, -0.25) is 4.90 Å². The maximum atomic E-state index is 14.6. The molecular formula is C35H27F9N2O5. The number of aromatic carboxylic acids is 1. The minimum Gasteiger partial charge on any atom is -0.496 e. The van der Waals surface area contributed by atoms with Gasteiger partial charge in [0.25, 0.3) is 0 Å². The van der Waals surface area contributed by atoms with Crippen LogP contribution in [0, 0.1) is 6.92 Å². The average molecular weight is 727 g/mol. The minimum absolute atomic E-state index is 0.0170. The first-order chi connectivity index (χ1) is 23.7. The van der Waals surface area contributed by atoms with Gasteiger partial charge in [-0.05, 0) is 78.6 Å². The number of alkyl halides is 9. The summed E-state index contributed by atoms with van der Waals surface area (Å²) < 4.78 is 135. The fourth-order valence-corrected chi connectivity index (χ4v) is 5.85. The molecule has 51 heavy (non-hydrogen) atoms. The molecule has 0 unspecified atom stereocenters. The van der Waals surface area contributed by atoms with Crippen molar-refractivity contribution in [2.45, 2.75) is 50.8 Å². The molecule has 7 nitrogen and oxygen atoms in total. The first kappa shape index (κ1) is 37.0. The minimum atomic E-state index is -5.17. The summed E-state index contributed by atoms with van der Waals surface area (Å²) in [4.78, 5) is 29.6. The van der Waals surface area contributed by atoms with Gasteiger partial charge < -0.3 is 14.6 Å². The van der Waals surface area contributed by atoms with Crippen molar-refractivity contribution in [1.82, 2.24) is 9.88 Å². The van der Waals surface area contributed by atoms with Crippen molar-refractivity contribution >= 4 is 12.1 Å². The van der Waals surface area contributed by atoms with E-state index in [4.69, 9.17) is 9.47 Å². The topological polar surface area (TPSA) is 89.0 Å². The second-order valence-corrected chi connectivity index (χ2v) is 11.8. The fraction of sp³-hybridized carbons (Fsp3) is 0.286. The molecule has 3 aromatic carbocycles. The molecule has 0 saturated carbocycles. The third-order valence-corrected chi connectivity index (χ3v) is 8.47. The van der Waals surface area contributed by atoms with Crippen LogP contribution in [0.3, 0.4) is 0 Å². The SMILES string of the molecule is COc1ccc(-c2ccc(C(=O)O)nc2C)cc1-c1ccc(C(F)(F)CF)cc1CN1C(=O)O[C@H](c2cc(C(F)(F)F)cc(C(F)(F)F)c2)[C@@H]1C. The zero-order valence-corrected chi connectivity index (χ0v) is 26.8. The summed E-state index contributed by atoms with van der Waals surface area (Å²) in [6.45, 7) is 0.267. The van der Waals surface area contributed by atoms with Crippen LogP contribution in [-0.4, -0.2) is 46.9 Å². The van der Waals surface area contributed by atoms with Gasteiger partial charge in [0, 0.05) is 22.4 Å². The number of pyridine rings is 1. The maximum absolute atomic E-state index is 14.6. The van der Waals surface area contributed by atoms with Gasteiger partial charge in [0.1, 0.15) is 17.5 Å². The van der Waals surface area contributed by atoms with E-state index in [1.807, 2.05) is 0 Å². The standard InChI is InChI=1S/C35H27F9N2O5/c1-17-25(7-8-28(45-17)31(47)48)19-4-9-29(50-3)27(13-19)26-6-5-22(33(37,38)16-36)12-21(26)15-46-18(2)30(51-32(46)49)20-10-23(34(39,40)41)14-24(11-20)35(42,43)44/h4-14,18,30H,15-16H2,1-3H3,(H,47,48)/t18-,30-/m0/s1. The van der Waals surface area contributed by atoms with E-state index < -0.39 is 78.0 Å². The van der Waals surface area contributed by atoms with E-state index >= 15 is 0 Å². The number of carboxylic acids is 1. The monoisotopic (exact) mass is 726 g/mol. The number of carbonyl (C=O) groups excluding carboxylic acids is 1. The quantitative estimate of drug-likeness (QED) is 0.173. The van der Waals surface area contributed by atoms with Gasteiger partial charge in [-0.2, -0.15) is 35.1 Å². The summed E-state index contributed by atoms with van der Waals surface area (Å²) >= 11 is 0. The number of hydrogen-bond donors (Lipinski definition) is 1. The molecule has 0 aliphatic carbocycles. The van der Waals surface area contributed by atoms with Gasteiger partial charge in [0.15, 0.2) is 6.67 Å². The molecule has 5 rings (SSSR count). The van der Waals surface area contributed by atoms with Crippen molar-refractivity contribution in [2.24, 2.45) is 0 Å². The molecule has 1 aliphatic rings. The molecule has 0 radical (unpaired) electrons. The van der Waals surface area contributed by atoms with Crippen LogP contribution in [-0.2, 0) is 29.6 Å². The first-order valence-corrected chi connectivity index (χ1v) is 15.0. The van der Waals surface area contributed by atoms with E-state index in [-0.39, 0.29) is 34.2 Å². The lowest BCUT2D eigenvalue weighted by atomic mass is 9.91. The summed E-state index contributed by atoms with van der Waals surface area (Å²) in [5.41, 5.74) is -3.00. The number of methoxy groups -OCH3 is 1. The number of rotatable bonds is 9. The molecule has 1 aliphatic heterocycles. The second kappa shape index (κ2) is 13.5. The number of amides is 1. The highest BCUT2D eigenvalue weighted by Crippen LogP contribution is 2.43. The van der Waals surface area contributed by atoms with Crippen LogP contribution < -0.4 is 4.74 Å². The Morgan fingerprint density at radius 2 is 1.49 bits per heavy atom. The van der Waals surface area contributed by atoms with Gasteiger partial charge in [0.05, 0.1) is 30.8 Å². The maximum Gasteiger partial charge on any atom is 0.416 e. The number of carboxylic acid groups (broad SMARTS) is 1. The van der Waals surface area contributed by atoms with Crippen molar-refractivity contribution < 1.29 is 63.7 Å². The van der Waals surface area contributed by atoms with Gasteiger partial charge in [-0.1, -0.05) is 24.3 Å². The molecule has 1 N–H and O–H groups in total. The Bertz CT molecular complexity index is 1960. The molecule has 2 heterocycles. The summed E-state index contributed by atoms with van der Waals surface area (Å²) in [7, 11) is 1.33. The Kier molecular flexibility index (Phi) is 9.75. The molecule has 2 atom stereocenters. The van der Waals surface area contributed by atoms with Crippen molar-refractivity contribution in [3.05, 3.63) is 106 Å². The highest BCUT2D eigenvalue weighted by Gasteiger charge is 2.44. The third kappa shape index (κ3) is 7.44. The predicted molar refractivity (Wildman–Crippen MR) is 164 cm³/mol. The summed E-state index contributed by atoms with van der Waals surface area (Å²) in [6.07, 6.45) is -13.1. The van der Waals surface area contributed by atoms with E-state index in [1.54, 1.807) is 19.1 Å². The van der Waals surface area contributed by atoms with Crippen LogP contribution in [0.2, 0.25) is 0 Å². The number of cyclic esters (lactones) is 1. The predicted octanol–water partition coefficient (Wildman–Crippen LogP) is 9.61. The van der Waals surface area contributed by atoms with E-state index in [9.17, 15) is 54.2 Å². The van der Waals surface area contributed by atoms with Gasteiger partial charge in [-0.15, -0.1) is 0 Å². The number of hydrogen-bond acceptors (Lipinski definition) is 5. The van der Waals surface area contributed by atoms with E-state index in [0.717, 1.165) is 17.0 Å². The molecule has 1 aromatic heterocycles. The first-order valence-electron chi connectivity index (χ1n) is 15.0. The zero-order chi connectivity index (χ0) is 37.6. The van der Waals surface area contributed by atoms with Gasteiger partial charge in [0.2, 0.25) is 0 Å². The smallest absolute Gasteiger partial charge is 0.416 e. The van der Waals surface area contributed by atoms with Crippen molar-refractivity contribution in [3.63, 3.8) is 0 Å². The Balaban J connectivity index is 1.61. The molecule has 270 valence electrons. The number of ether oxygens (including phenoxy) is 2. The molecule has 16 heteroatoms. The lowest BCUT2D eigenvalue weighted by Crippen LogP contribution is -2.32. The van der Waals surface area contributed by atoms with Crippen LogP contribution in [0.5, 0.6) is 5.75 Å². The van der Waals surface area contributed by atoms with Crippen LogP contribution in [0.4, 0.5) is 44.3 Å². The number of aromatic nitrogens is 1. The van der Waals surface area contributed by atoms with Crippen LogP contribution in [0.1, 0.15) is 57.0 Å². The molecule has 4 aromatic rings. The largest absolute Gasteiger partial charge is 0.496 e. The number of nitrogens with zero attached hydrogens (tertiary/aromatic N) is 2. The van der Waals surface area contributed by atoms with E-state index in [2.05, 4.69) is 4.98 Å². The number of halogens is 9. The second-order valence-electron chi connectivity index (χ2n) is 11.8. The van der Waals surface area contributed by atoms with Crippen molar-refractivity contribution in [1.29, 1.82) is 0 Å². The summed E-state index contributed by atoms with van der Waals surface area (Å²) in [5.74, 6) is -4.99. The highest BCUT2D eigenvalue weighted by atomic mass is 19.4. The van der Waals surface area contributed by atoms with Crippen molar-refractivity contribution in [2.75, 3.05) is 13.8 Å². The zero-order valence-electron chi connectivity index (χ0n) is 26.8. The molecule has 0 spiro atoms. The summed E-state index contributed by atoms with van der Waals surface area (Å²) in [6, 6.07) is 10.3. The number of aryl methyl sites for hydroxylation is 1. The third-order valence-electron chi connectivity index (χ3n) is 8.47. The van der Waals surface area contributed by atoms with Gasteiger partial charge >= 0.3 is 30.3 Å². The number of benzene rings is 3. The van der Waals surface area contributed by atoms with E-state index in [1.165, 1.54) is 38.3 Å². The lowest BCUT2D eigenvalue weighted by molar-refractivity contribution is -0.143. The highest BCUT2D eigenvalue weighted by molar-refractivity contribution is 5.87. The molecular weight excluding hydrogens is 699 g/mol. The van der Waals surface area contributed by atoms with Gasteiger partial charge in [-0.25, -0.2) is 19.0 Å². The fourth-order valence-electron chi connectivity index (χ4n) is 5.85. The average Bonchev–Trinajstić information content (AvgIpc) is 3.35. The molecule has 1 fully saturated rings. The van der Waals surface area contributed by atoms with E-state index in [0.29, 0.717) is 29.0 Å². The Morgan fingerprint density at radius 3 is 2.04 bits per heavy atom. The number of carbonyl (C=O) groups is 2. The molecule has 1 amide bonds. The van der Waals surface area contributed by atoms with Crippen LogP contribution >= 0.6 is 0 Å². The normalized spacial score (nSPS) is 16.7. The van der Waals surface area contributed by atoms with Crippen LogP contribution in [0.25, 0.3) is 22.3 Å². The Labute approximate surface area is 284 Å². The Morgan fingerprint density at radius 1 is 0.863 bits per heavy atom. The van der Waals surface area contributed by atoms with Crippen LogP contribution in [0.15, 0.2) is 66.7 Å². The molecule has 1 saturated heterocycles. The molecule has 0 bridgehead atoms. The van der Waals surface area contributed by atoms with Crippen molar-refractivity contribution in [3.8, 4) is 28.0 Å². The lowest BCUT2D eigenvalue weighted by Gasteiger charge is -2.25. The summed E-state index contributed by atoms with van der Waals surface area (Å²) in [5, 5.41) is 9.30.